The number of anilines is 1. The molecule has 1 N–H and O–H groups in total. The third-order valence-electron chi connectivity index (χ3n) is 11.7. The summed E-state index contributed by atoms with van der Waals surface area (Å²) in [6.07, 6.45) is 11.1. The Balaban J connectivity index is 1.27. The van der Waals surface area contributed by atoms with Crippen LogP contribution in [0.15, 0.2) is 24.3 Å². The van der Waals surface area contributed by atoms with Crippen LogP contribution in [0.5, 0.6) is 17.6 Å². The van der Waals surface area contributed by atoms with Crippen LogP contribution in [0.4, 0.5) is 14.6 Å². The van der Waals surface area contributed by atoms with Gasteiger partial charge >= 0.3 is 6.01 Å². The quantitative estimate of drug-likeness (QED) is 0.196. The number of aromatic nitrogens is 3. The van der Waals surface area contributed by atoms with Gasteiger partial charge in [-0.2, -0.15) is 9.97 Å². The zero-order chi connectivity index (χ0) is 34.9. The molecule has 0 radical (unpaired) electrons. The van der Waals surface area contributed by atoms with Gasteiger partial charge in [0.15, 0.2) is 5.82 Å². The Kier molecular flexibility index (Phi) is 8.23. The first-order valence-electron chi connectivity index (χ1n) is 17.8. The van der Waals surface area contributed by atoms with E-state index in [4.69, 9.17) is 25.9 Å². The van der Waals surface area contributed by atoms with E-state index in [1.807, 2.05) is 0 Å². The predicted octanol–water partition coefficient (Wildman–Crippen LogP) is 6.24. The van der Waals surface area contributed by atoms with Gasteiger partial charge in [0.2, 0.25) is 5.88 Å². The number of ether oxygens (including phenoxy) is 2. The highest BCUT2D eigenvalue weighted by Crippen LogP contribution is 2.51. The largest absolute Gasteiger partial charge is 0.508 e. The Hall–Kier alpha value is -4.27. The number of methoxy groups -OCH3 is 1. The van der Waals surface area contributed by atoms with Gasteiger partial charge in [-0.25, -0.2) is 13.8 Å². The second kappa shape index (κ2) is 12.5. The Morgan fingerprint density at radius 3 is 2.36 bits per heavy atom. The number of nitrogens with zero attached hydrogens (tertiary/aromatic N) is 6. The van der Waals surface area contributed by atoms with Crippen molar-refractivity contribution >= 4 is 27.5 Å². The summed E-state index contributed by atoms with van der Waals surface area (Å²) in [5, 5.41) is 11.7. The van der Waals surface area contributed by atoms with E-state index in [0.29, 0.717) is 36.3 Å². The molecule has 0 spiro atoms. The Bertz CT molecular complexity index is 2010. The summed E-state index contributed by atoms with van der Waals surface area (Å²) < 4.78 is 44.5. The molecule has 4 aliphatic rings. The Morgan fingerprint density at radius 1 is 1.00 bits per heavy atom. The van der Waals surface area contributed by atoms with Crippen molar-refractivity contribution in [3.8, 4) is 41.2 Å². The standard InChI is InChI=1S/C39H44F2N6O3/c1-6-25-18-47(19-26(7-2)45(25)4)36-32-35(43-38(44-36)50-21-39(11-12-39)20-46-16-23-13-24(23)17-46)33(41)34(42-37(32)49-5)29-15-27(48)14-22-9-10-30(40)28(8-3)31(22)29/h3,9-10,14-15,23-26,48H,6-7,11-13,16-21H2,1-2,4-5H3. The van der Waals surface area contributed by atoms with E-state index in [2.05, 4.69) is 46.5 Å². The SMILES string of the molecule is C#Cc1c(F)ccc2cc(O)cc(-c3nc(OC)c4c(N5CC(CC)N(C)C(CC)C5)nc(OCC5(CN6CC7CC7C6)CC5)nc4c3F)c12. The minimum Gasteiger partial charge on any atom is -0.508 e. The molecule has 4 fully saturated rings. The lowest BCUT2D eigenvalue weighted by Crippen LogP contribution is -2.57. The first kappa shape index (κ1) is 32.9. The van der Waals surface area contributed by atoms with E-state index < -0.39 is 11.6 Å². The van der Waals surface area contributed by atoms with Crippen LogP contribution in [0.2, 0.25) is 0 Å². The molecule has 4 atom stereocenters. The van der Waals surface area contributed by atoms with E-state index in [1.165, 1.54) is 50.9 Å². The van der Waals surface area contributed by atoms with Crippen molar-refractivity contribution in [3.63, 3.8) is 0 Å². The molecule has 4 unspecified atom stereocenters. The van der Waals surface area contributed by atoms with Crippen molar-refractivity contribution in [3.05, 3.63) is 41.5 Å². The number of benzene rings is 2. The molecule has 8 rings (SSSR count). The third-order valence-corrected chi connectivity index (χ3v) is 11.7. The first-order chi connectivity index (χ1) is 24.1. The van der Waals surface area contributed by atoms with Crippen molar-refractivity contribution in [2.45, 2.75) is 58.0 Å². The van der Waals surface area contributed by atoms with E-state index >= 15 is 8.78 Å². The fourth-order valence-corrected chi connectivity index (χ4v) is 8.46. The molecule has 2 aromatic heterocycles. The molecule has 2 aliphatic carbocycles. The van der Waals surface area contributed by atoms with E-state index in [-0.39, 0.29) is 62.9 Å². The van der Waals surface area contributed by atoms with Crippen molar-refractivity contribution in [2.24, 2.45) is 17.3 Å². The summed E-state index contributed by atoms with van der Waals surface area (Å²) in [5.41, 5.74) is -0.0737. The Morgan fingerprint density at radius 2 is 1.72 bits per heavy atom. The van der Waals surface area contributed by atoms with Crippen LogP contribution >= 0.6 is 0 Å². The Labute approximate surface area is 291 Å². The smallest absolute Gasteiger partial charge is 0.319 e. The van der Waals surface area contributed by atoms with Crippen molar-refractivity contribution in [1.29, 1.82) is 0 Å². The number of piperazine rings is 1. The zero-order valence-corrected chi connectivity index (χ0v) is 29.2. The van der Waals surface area contributed by atoms with Crippen LogP contribution in [0.1, 0.15) is 51.5 Å². The number of hydrogen-bond acceptors (Lipinski definition) is 9. The topological polar surface area (TPSA) is 87.1 Å². The number of terminal acetylenes is 1. The summed E-state index contributed by atoms with van der Waals surface area (Å²) >= 11 is 0. The van der Waals surface area contributed by atoms with Crippen LogP contribution in [0, 0.1) is 41.2 Å². The molecule has 50 heavy (non-hydrogen) atoms. The molecular weight excluding hydrogens is 638 g/mol. The fourth-order valence-electron chi connectivity index (χ4n) is 8.46. The number of halogens is 2. The van der Waals surface area contributed by atoms with Crippen LogP contribution in [0.3, 0.4) is 0 Å². The summed E-state index contributed by atoms with van der Waals surface area (Å²) in [6, 6.07) is 6.14. The first-order valence-corrected chi connectivity index (χ1v) is 17.8. The summed E-state index contributed by atoms with van der Waals surface area (Å²) in [4.78, 5) is 21.5. The van der Waals surface area contributed by atoms with Gasteiger partial charge in [0, 0.05) is 61.2 Å². The molecular formula is C39H44F2N6O3. The van der Waals surface area contributed by atoms with Gasteiger partial charge in [-0.15, -0.1) is 6.42 Å². The number of likely N-dealkylation sites (tertiary alicyclic amines) is 1. The number of phenolic OH excluding ortho intramolecular Hbond substituents is 1. The second-order valence-electron chi connectivity index (χ2n) is 14.9. The van der Waals surface area contributed by atoms with Crippen molar-refractivity contribution in [1.82, 2.24) is 24.8 Å². The van der Waals surface area contributed by atoms with Crippen molar-refractivity contribution in [2.75, 3.05) is 58.4 Å². The lowest BCUT2D eigenvalue weighted by molar-refractivity contribution is 0.138. The molecule has 9 nitrogen and oxygen atoms in total. The lowest BCUT2D eigenvalue weighted by atomic mass is 9.95. The highest BCUT2D eigenvalue weighted by molar-refractivity contribution is 6.04. The number of piperidine rings is 1. The zero-order valence-electron chi connectivity index (χ0n) is 29.2. The van der Waals surface area contributed by atoms with Crippen LogP contribution in [-0.2, 0) is 0 Å². The molecule has 0 amide bonds. The highest BCUT2D eigenvalue weighted by atomic mass is 19.1. The number of hydrogen-bond donors (Lipinski definition) is 1. The van der Waals surface area contributed by atoms with E-state index in [1.54, 1.807) is 0 Å². The predicted molar refractivity (Wildman–Crippen MR) is 190 cm³/mol. The van der Waals surface area contributed by atoms with Gasteiger partial charge < -0.3 is 24.4 Å². The minimum atomic E-state index is -0.765. The number of rotatable bonds is 10. The van der Waals surface area contributed by atoms with Gasteiger partial charge in [-0.3, -0.25) is 4.90 Å². The van der Waals surface area contributed by atoms with Gasteiger partial charge in [0.1, 0.15) is 34.0 Å². The highest BCUT2D eigenvalue weighted by Gasteiger charge is 2.51. The van der Waals surface area contributed by atoms with Gasteiger partial charge in [-0.1, -0.05) is 25.8 Å². The maximum atomic E-state index is 17.2. The average Bonchev–Trinajstić information content (AvgIpc) is 4.03. The van der Waals surface area contributed by atoms with Gasteiger partial charge in [0.05, 0.1) is 19.3 Å². The number of phenols is 1. The summed E-state index contributed by atoms with van der Waals surface area (Å²) in [7, 11) is 3.63. The fraction of sp³-hybridized carbons (Fsp3) is 0.513. The van der Waals surface area contributed by atoms with Crippen LogP contribution in [0.25, 0.3) is 32.9 Å². The number of pyridine rings is 1. The molecule has 262 valence electrons. The maximum Gasteiger partial charge on any atom is 0.319 e. The molecule has 4 aromatic rings. The lowest BCUT2D eigenvalue weighted by Gasteiger charge is -2.45. The van der Waals surface area contributed by atoms with Crippen LogP contribution in [-0.4, -0.2) is 95.4 Å². The normalized spacial score (nSPS) is 24.4. The number of aromatic hydroxyl groups is 1. The summed E-state index contributed by atoms with van der Waals surface area (Å²) in [6.45, 7) is 9.45. The summed E-state index contributed by atoms with van der Waals surface area (Å²) in [5.74, 6) is 3.20. The number of likely N-dealkylation sites (N-methyl/N-ethyl adjacent to an activating group) is 1. The minimum absolute atomic E-state index is 0.0218. The molecule has 2 aliphatic heterocycles. The molecule has 2 saturated heterocycles. The second-order valence-corrected chi connectivity index (χ2v) is 14.9. The maximum absolute atomic E-state index is 17.2. The van der Waals surface area contributed by atoms with Gasteiger partial charge in [0.25, 0.3) is 0 Å². The monoisotopic (exact) mass is 682 g/mol. The van der Waals surface area contributed by atoms with Crippen LogP contribution < -0.4 is 14.4 Å². The molecule has 4 heterocycles. The van der Waals surface area contributed by atoms with E-state index in [9.17, 15) is 5.11 Å². The van der Waals surface area contributed by atoms with E-state index in [0.717, 1.165) is 44.1 Å². The van der Waals surface area contributed by atoms with Crippen molar-refractivity contribution < 1.29 is 23.4 Å². The molecule has 0 bridgehead atoms. The van der Waals surface area contributed by atoms with Gasteiger partial charge in [-0.05, 0) is 74.6 Å². The molecule has 11 heteroatoms. The molecule has 2 aromatic carbocycles. The third kappa shape index (κ3) is 5.66. The average molecular weight is 683 g/mol. The molecule has 2 saturated carbocycles. The number of fused-ring (bicyclic) bond motifs is 3.